The predicted molar refractivity (Wildman–Crippen MR) is 70.0 cm³/mol. The summed E-state index contributed by atoms with van der Waals surface area (Å²) in [6.07, 6.45) is 4.31. The van der Waals surface area contributed by atoms with Gasteiger partial charge >= 0.3 is 63.8 Å². The molecule has 0 aliphatic rings. The van der Waals surface area contributed by atoms with Crippen LogP contribution in [0.2, 0.25) is 3.67 Å². The number of aliphatic hydroxyl groups is 1. The van der Waals surface area contributed by atoms with E-state index >= 15 is 0 Å². The molecule has 0 aliphatic carbocycles. The zero-order valence-corrected chi connectivity index (χ0v) is 13.1. The first-order valence-electron chi connectivity index (χ1n) is 6.27. The van der Waals surface area contributed by atoms with Crippen LogP contribution in [0.3, 0.4) is 0 Å². The summed E-state index contributed by atoms with van der Waals surface area (Å²) in [4.78, 5) is 10.2. The quantitative estimate of drug-likeness (QED) is 0.368. The number of aliphatic carboxylic acids is 1. The number of hydrogen-bond acceptors (Lipinski definition) is 4. The molecular weight excluding hydrogens is 231 g/mol. The Kier molecular flexibility index (Phi) is 14.8. The van der Waals surface area contributed by atoms with Crippen LogP contribution in [0.1, 0.15) is 39.0 Å². The van der Waals surface area contributed by atoms with Crippen LogP contribution in [0.4, 0.5) is 0 Å². The van der Waals surface area contributed by atoms with Crippen molar-refractivity contribution >= 4 is 33.9 Å². The Balaban J connectivity index is 0. The van der Waals surface area contributed by atoms with Crippen LogP contribution >= 0.6 is 0 Å². The Morgan fingerprint density at radius 1 is 1.41 bits per heavy atom. The van der Waals surface area contributed by atoms with Gasteiger partial charge in [-0.15, -0.1) is 0 Å². The topological polar surface area (TPSA) is 110 Å². The van der Waals surface area contributed by atoms with E-state index in [1.165, 1.54) is 50.9 Å². The van der Waals surface area contributed by atoms with E-state index in [1.54, 1.807) is 0 Å². The summed E-state index contributed by atoms with van der Waals surface area (Å²) in [5.41, 5.74) is 9.83. The maximum absolute atomic E-state index is 10.2. The number of aliphatic hydroxyl groups excluding tert-OH is 1. The molecule has 0 fully saturated rings. The van der Waals surface area contributed by atoms with Gasteiger partial charge in [0.15, 0.2) is 0 Å². The van der Waals surface area contributed by atoms with Crippen molar-refractivity contribution in [2.45, 2.75) is 48.2 Å². The van der Waals surface area contributed by atoms with Gasteiger partial charge in [-0.25, -0.2) is 0 Å². The predicted octanol–water partition coefficient (Wildman–Crippen LogP) is 0.263. The molecule has 0 aromatic carbocycles. The third-order valence-corrected chi connectivity index (χ3v) is 3.18. The number of unbranched alkanes of at least 4 members (excludes halogenated alkanes) is 2. The molecular formula is C11H25N2NaO3. The van der Waals surface area contributed by atoms with Crippen molar-refractivity contribution in [1.82, 2.24) is 0 Å². The monoisotopic (exact) mass is 256 g/mol. The second-order valence-corrected chi connectivity index (χ2v) is 5.32. The Morgan fingerprint density at radius 2 is 2.00 bits per heavy atom. The molecule has 0 amide bonds. The molecule has 1 unspecified atom stereocenters. The maximum atomic E-state index is 10.2. The fourth-order valence-corrected chi connectivity index (χ4v) is 1.79. The Hall–Kier alpha value is 0.350. The van der Waals surface area contributed by atoms with Gasteiger partial charge in [0.2, 0.25) is 0 Å². The van der Waals surface area contributed by atoms with Crippen molar-refractivity contribution in [2.24, 2.45) is 11.5 Å². The number of nitrogens with two attached hydrogens (primary N) is 2. The van der Waals surface area contributed by atoms with Crippen molar-refractivity contribution in [1.29, 1.82) is 0 Å². The van der Waals surface area contributed by atoms with Gasteiger partial charge in [0.1, 0.15) is 0 Å². The first-order valence-corrected chi connectivity index (χ1v) is 7.68. The van der Waals surface area contributed by atoms with Crippen molar-refractivity contribution in [3.05, 3.63) is 0 Å². The average Bonchev–Trinajstić information content (AvgIpc) is 2.26. The second-order valence-electron chi connectivity index (χ2n) is 4.32. The summed E-state index contributed by atoms with van der Waals surface area (Å²) < 4.78 is 1.49. The van der Waals surface area contributed by atoms with Crippen LogP contribution in [0.15, 0.2) is 0 Å². The molecule has 5 nitrogen and oxygen atoms in total. The zero-order chi connectivity index (χ0) is 13.7. The number of carboxylic acid groups (broad SMARTS) is 1. The van der Waals surface area contributed by atoms with Gasteiger partial charge in [-0.3, -0.25) is 4.79 Å². The van der Waals surface area contributed by atoms with E-state index in [4.69, 9.17) is 21.7 Å². The fraction of sp³-hybridized carbons (Fsp3) is 0.909. The third-order valence-electron chi connectivity index (χ3n) is 2.48. The molecule has 0 saturated carbocycles. The molecule has 1 atom stereocenters. The average molecular weight is 256 g/mol. The van der Waals surface area contributed by atoms with Crippen molar-refractivity contribution in [3.63, 3.8) is 0 Å². The number of hydrogen-bond donors (Lipinski definition) is 4. The van der Waals surface area contributed by atoms with Crippen LogP contribution in [-0.4, -0.2) is 62.8 Å². The third kappa shape index (κ3) is 14.3. The van der Waals surface area contributed by atoms with Crippen molar-refractivity contribution < 1.29 is 15.0 Å². The number of carboxylic acids is 1. The number of rotatable bonds is 8. The largest absolute Gasteiger partial charge is 0.481 e. The van der Waals surface area contributed by atoms with Crippen molar-refractivity contribution in [3.8, 4) is 0 Å². The minimum atomic E-state index is -0.994. The summed E-state index contributed by atoms with van der Waals surface area (Å²) in [6, 6.07) is 0. The minimum Gasteiger partial charge on any atom is -0.481 e. The van der Waals surface area contributed by atoms with Crippen LogP contribution in [-0.2, 0) is 4.79 Å². The van der Waals surface area contributed by atoms with E-state index in [9.17, 15) is 4.79 Å². The summed E-state index contributed by atoms with van der Waals surface area (Å²) in [6.45, 7) is 2.18. The second kappa shape index (κ2) is 12.8. The standard InChI is InChI=1S/C6H14N2O3.C5H11.Na/c7-4-6(8,1-2-9)3-5(10)11;1-3-5-4-2;/h9H,1-4,7-8H2,(H,10,11);1,3-5H2,2H3;. The van der Waals surface area contributed by atoms with Gasteiger partial charge in [0.25, 0.3) is 0 Å². The van der Waals surface area contributed by atoms with Crippen LogP contribution in [0.25, 0.3) is 0 Å². The normalized spacial score (nSPS) is 13.5. The van der Waals surface area contributed by atoms with Crippen LogP contribution in [0, 0.1) is 0 Å². The van der Waals surface area contributed by atoms with Gasteiger partial charge in [-0.2, -0.15) is 0 Å². The summed E-state index contributed by atoms with van der Waals surface area (Å²) in [5.74, 6) is -0.994. The number of carbonyl (C=O) groups is 1. The van der Waals surface area contributed by atoms with E-state index < -0.39 is 11.5 Å². The molecule has 6 heteroatoms. The molecule has 0 spiro atoms. The molecule has 0 aromatic rings. The van der Waals surface area contributed by atoms with Gasteiger partial charge in [0, 0.05) is 18.7 Å². The van der Waals surface area contributed by atoms with Gasteiger partial charge < -0.3 is 21.7 Å². The molecule has 0 aliphatic heterocycles. The zero-order valence-electron chi connectivity index (χ0n) is 11.1. The Labute approximate surface area is 121 Å². The molecule has 0 aromatic heterocycles. The van der Waals surface area contributed by atoms with Gasteiger partial charge in [-0.1, -0.05) is 0 Å². The summed E-state index contributed by atoms with van der Waals surface area (Å²) in [7, 11) is 0. The van der Waals surface area contributed by atoms with E-state index in [0.717, 1.165) is 0 Å². The van der Waals surface area contributed by atoms with E-state index in [1.807, 2.05) is 0 Å². The molecule has 0 radical (unpaired) electrons. The molecule has 17 heavy (non-hydrogen) atoms. The van der Waals surface area contributed by atoms with Crippen LogP contribution in [0.5, 0.6) is 0 Å². The Morgan fingerprint density at radius 3 is 2.24 bits per heavy atom. The maximum Gasteiger partial charge on any atom is 0.305 e. The molecule has 6 N–H and O–H groups in total. The van der Waals surface area contributed by atoms with Crippen LogP contribution < -0.4 is 11.5 Å². The Bertz CT molecular complexity index is 190. The van der Waals surface area contributed by atoms with E-state index in [2.05, 4.69) is 6.92 Å². The fourth-order valence-electron chi connectivity index (χ4n) is 1.29. The van der Waals surface area contributed by atoms with E-state index in [0.29, 0.717) is 0 Å². The SMILES string of the molecule is CCCC[CH2][Na].NCC(N)(CCO)CC(=O)O. The van der Waals surface area contributed by atoms with Gasteiger partial charge in [0.05, 0.1) is 6.42 Å². The van der Waals surface area contributed by atoms with E-state index in [-0.39, 0.29) is 26.0 Å². The molecule has 0 heterocycles. The molecule has 98 valence electrons. The summed E-state index contributed by atoms with van der Waals surface area (Å²) in [5, 5.41) is 16.9. The first kappa shape index (κ1) is 19.7. The first-order chi connectivity index (χ1) is 7.95. The molecule has 0 bridgehead atoms. The smallest absolute Gasteiger partial charge is 0.305 e. The van der Waals surface area contributed by atoms with Gasteiger partial charge in [-0.05, 0) is 6.42 Å². The molecule has 0 saturated heterocycles. The molecule has 0 rings (SSSR count). The van der Waals surface area contributed by atoms with Crippen molar-refractivity contribution in [2.75, 3.05) is 13.2 Å². The summed E-state index contributed by atoms with van der Waals surface area (Å²) >= 11 is 1.40. The minimum absolute atomic E-state index is 0.0693.